The van der Waals surface area contributed by atoms with E-state index in [1.807, 2.05) is 13.0 Å². The summed E-state index contributed by atoms with van der Waals surface area (Å²) < 4.78 is 10.3. The number of carbonyl (C=O) groups excluding carboxylic acids is 2. The average Bonchev–Trinajstić information content (AvgIpc) is 2.59. The fraction of sp³-hybridized carbons (Fsp3) is 0.368. The van der Waals surface area contributed by atoms with E-state index in [1.54, 1.807) is 32.0 Å². The van der Waals surface area contributed by atoms with Crippen molar-refractivity contribution < 1.29 is 19.1 Å². The lowest BCUT2D eigenvalue weighted by Crippen LogP contribution is -2.32. The first-order valence-corrected chi connectivity index (χ1v) is 8.48. The van der Waals surface area contributed by atoms with Crippen LogP contribution in [-0.2, 0) is 19.1 Å². The first-order chi connectivity index (χ1) is 11.9. The van der Waals surface area contributed by atoms with Crippen molar-refractivity contribution in [2.75, 3.05) is 13.7 Å². The Hall–Kier alpha value is -2.27. The number of nitrogens with one attached hydrogen (secondary N) is 1. The van der Waals surface area contributed by atoms with Crippen molar-refractivity contribution in [3.8, 4) is 0 Å². The van der Waals surface area contributed by atoms with Gasteiger partial charge in [0.1, 0.15) is 0 Å². The molecule has 0 radical (unpaired) electrons. The predicted molar refractivity (Wildman–Crippen MR) is 96.0 cm³/mol. The smallest absolute Gasteiger partial charge is 0.336 e. The molecule has 0 amide bonds. The van der Waals surface area contributed by atoms with E-state index >= 15 is 0 Å². The molecule has 0 aromatic heterocycles. The maximum atomic E-state index is 12.7. The number of allylic oxidation sites excluding steroid dienone is 2. The molecule has 1 unspecified atom stereocenters. The number of halogens is 1. The Bertz CT molecular complexity index is 752. The van der Waals surface area contributed by atoms with Gasteiger partial charge in [0.15, 0.2) is 0 Å². The third kappa shape index (κ3) is 3.87. The highest BCUT2D eigenvalue weighted by Gasteiger charge is 2.38. The van der Waals surface area contributed by atoms with Crippen molar-refractivity contribution in [3.05, 3.63) is 57.4 Å². The van der Waals surface area contributed by atoms with Gasteiger partial charge in [-0.1, -0.05) is 36.7 Å². The Morgan fingerprint density at radius 3 is 2.28 bits per heavy atom. The Morgan fingerprint density at radius 2 is 1.72 bits per heavy atom. The quantitative estimate of drug-likeness (QED) is 0.808. The first kappa shape index (κ1) is 19.1. The maximum Gasteiger partial charge on any atom is 0.336 e. The van der Waals surface area contributed by atoms with Crippen molar-refractivity contribution >= 4 is 23.5 Å². The van der Waals surface area contributed by atoms with E-state index in [0.29, 0.717) is 46.2 Å². The van der Waals surface area contributed by atoms with Gasteiger partial charge in [-0.3, -0.25) is 0 Å². The Labute approximate surface area is 152 Å². The molecule has 0 bridgehead atoms. The Morgan fingerprint density at radius 1 is 1.12 bits per heavy atom. The van der Waals surface area contributed by atoms with Crippen LogP contribution in [0.3, 0.4) is 0 Å². The maximum absolute atomic E-state index is 12.7. The topological polar surface area (TPSA) is 64.6 Å². The van der Waals surface area contributed by atoms with Crippen LogP contribution in [0.4, 0.5) is 0 Å². The van der Waals surface area contributed by atoms with Gasteiger partial charge in [-0.05, 0) is 31.9 Å². The van der Waals surface area contributed by atoms with Gasteiger partial charge >= 0.3 is 11.9 Å². The highest BCUT2D eigenvalue weighted by Crippen LogP contribution is 2.41. The van der Waals surface area contributed by atoms with E-state index in [1.165, 1.54) is 7.11 Å². The van der Waals surface area contributed by atoms with Crippen LogP contribution in [0.1, 0.15) is 38.7 Å². The molecule has 134 valence electrons. The van der Waals surface area contributed by atoms with Gasteiger partial charge in [0.2, 0.25) is 0 Å². The van der Waals surface area contributed by atoms with E-state index < -0.39 is 17.9 Å². The van der Waals surface area contributed by atoms with Crippen LogP contribution < -0.4 is 5.32 Å². The van der Waals surface area contributed by atoms with Crippen LogP contribution in [0.2, 0.25) is 5.02 Å². The van der Waals surface area contributed by atoms with E-state index in [-0.39, 0.29) is 0 Å². The molecule has 0 fully saturated rings. The lowest BCUT2D eigenvalue weighted by atomic mass is 9.80. The zero-order valence-electron chi connectivity index (χ0n) is 14.8. The van der Waals surface area contributed by atoms with Crippen molar-refractivity contribution in [3.63, 3.8) is 0 Å². The molecule has 6 heteroatoms. The van der Waals surface area contributed by atoms with Gasteiger partial charge in [0, 0.05) is 16.4 Å². The summed E-state index contributed by atoms with van der Waals surface area (Å²) in [6.07, 6.45) is 0.709. The zero-order chi connectivity index (χ0) is 18.6. The van der Waals surface area contributed by atoms with Crippen molar-refractivity contribution in [2.45, 2.75) is 33.1 Å². The summed E-state index contributed by atoms with van der Waals surface area (Å²) in [6, 6.07) is 7.15. The number of methoxy groups -OCH3 is 1. The molecule has 2 rings (SSSR count). The minimum atomic E-state index is -0.647. The summed E-state index contributed by atoms with van der Waals surface area (Å²) in [5.74, 6) is -1.62. The number of ether oxygens (including phenoxy) is 2. The molecule has 0 aliphatic carbocycles. The number of hydrogen-bond donors (Lipinski definition) is 1. The van der Waals surface area contributed by atoms with Crippen molar-refractivity contribution in [1.82, 2.24) is 5.32 Å². The third-order valence-electron chi connectivity index (χ3n) is 4.04. The third-order valence-corrected chi connectivity index (χ3v) is 4.38. The number of carbonyl (C=O) groups is 2. The number of rotatable bonds is 5. The number of esters is 2. The summed E-state index contributed by atoms with van der Waals surface area (Å²) in [6.45, 7) is 5.78. The zero-order valence-corrected chi connectivity index (χ0v) is 15.6. The van der Waals surface area contributed by atoms with Crippen LogP contribution in [-0.4, -0.2) is 25.7 Å². The molecule has 5 nitrogen and oxygen atoms in total. The highest BCUT2D eigenvalue weighted by atomic mass is 35.5. The first-order valence-electron chi connectivity index (χ1n) is 8.10. The van der Waals surface area contributed by atoms with Crippen LogP contribution in [0.5, 0.6) is 0 Å². The summed E-state index contributed by atoms with van der Waals surface area (Å²) in [7, 11) is 1.31. The molecule has 1 heterocycles. The van der Waals surface area contributed by atoms with Crippen LogP contribution in [0.15, 0.2) is 46.8 Å². The van der Waals surface area contributed by atoms with Crippen LogP contribution in [0.25, 0.3) is 0 Å². The van der Waals surface area contributed by atoms with Gasteiger partial charge in [-0.25, -0.2) is 9.59 Å². The molecule has 0 saturated heterocycles. The Kier molecular flexibility index (Phi) is 6.26. The number of hydrogen-bond acceptors (Lipinski definition) is 5. The number of dihydropyridines is 1. The fourth-order valence-electron chi connectivity index (χ4n) is 2.94. The minimum Gasteiger partial charge on any atom is -0.466 e. The second-order valence-corrected chi connectivity index (χ2v) is 6.19. The van der Waals surface area contributed by atoms with Gasteiger partial charge < -0.3 is 14.8 Å². The average molecular weight is 364 g/mol. The molecule has 0 saturated carbocycles. The molecular formula is C19H22ClNO4. The molecule has 1 aromatic carbocycles. The van der Waals surface area contributed by atoms with E-state index in [9.17, 15) is 9.59 Å². The Balaban J connectivity index is 2.63. The molecular weight excluding hydrogens is 342 g/mol. The molecule has 1 N–H and O–H groups in total. The summed E-state index contributed by atoms with van der Waals surface area (Å²) in [5, 5.41) is 3.56. The monoisotopic (exact) mass is 363 g/mol. The molecule has 25 heavy (non-hydrogen) atoms. The fourth-order valence-corrected chi connectivity index (χ4v) is 3.18. The van der Waals surface area contributed by atoms with Gasteiger partial charge in [0.25, 0.3) is 0 Å². The molecule has 1 aliphatic rings. The largest absolute Gasteiger partial charge is 0.466 e. The highest BCUT2D eigenvalue weighted by molar-refractivity contribution is 6.31. The minimum absolute atomic E-state index is 0.307. The summed E-state index contributed by atoms with van der Waals surface area (Å²) in [5.41, 5.74) is 2.64. The van der Waals surface area contributed by atoms with E-state index in [4.69, 9.17) is 21.1 Å². The SMILES string of the molecule is CCCOC(=O)C1=C(C)NC(C)=C(C(=O)OC)C1c1ccccc1Cl. The van der Waals surface area contributed by atoms with E-state index in [2.05, 4.69) is 5.32 Å². The summed E-state index contributed by atoms with van der Waals surface area (Å²) >= 11 is 6.37. The standard InChI is InChI=1S/C19H22ClNO4/c1-5-10-25-19(23)16-12(3)21-11(2)15(18(22)24-4)17(16)13-8-6-7-9-14(13)20/h6-9,17,21H,5,10H2,1-4H3. The van der Waals surface area contributed by atoms with Gasteiger partial charge in [-0.2, -0.15) is 0 Å². The molecule has 0 spiro atoms. The lowest BCUT2D eigenvalue weighted by molar-refractivity contribution is -0.139. The molecule has 1 aromatic rings. The van der Waals surface area contributed by atoms with E-state index in [0.717, 1.165) is 0 Å². The van der Waals surface area contributed by atoms with Gasteiger partial charge in [-0.15, -0.1) is 0 Å². The molecule has 1 atom stereocenters. The van der Waals surface area contributed by atoms with Crippen LogP contribution >= 0.6 is 11.6 Å². The van der Waals surface area contributed by atoms with Crippen molar-refractivity contribution in [2.24, 2.45) is 0 Å². The predicted octanol–water partition coefficient (Wildman–Crippen LogP) is 3.70. The van der Waals surface area contributed by atoms with Gasteiger partial charge in [0.05, 0.1) is 30.8 Å². The normalized spacial score (nSPS) is 17.2. The van der Waals surface area contributed by atoms with Crippen LogP contribution in [0, 0.1) is 0 Å². The lowest BCUT2D eigenvalue weighted by Gasteiger charge is -2.30. The summed E-state index contributed by atoms with van der Waals surface area (Å²) in [4.78, 5) is 25.1. The second kappa shape index (κ2) is 8.21. The number of benzene rings is 1. The van der Waals surface area contributed by atoms with Crippen molar-refractivity contribution in [1.29, 1.82) is 0 Å². The second-order valence-electron chi connectivity index (χ2n) is 5.78. The molecule has 1 aliphatic heterocycles.